The Morgan fingerprint density at radius 3 is 2.04 bits per heavy atom. The summed E-state index contributed by atoms with van der Waals surface area (Å²) >= 11 is 4.06. The number of rotatable bonds is 4. The van der Waals surface area contributed by atoms with Gasteiger partial charge < -0.3 is 9.80 Å². The number of aryl methyl sites for hydroxylation is 2. The van der Waals surface area contributed by atoms with Gasteiger partial charge in [-0.25, -0.2) is 0 Å². The van der Waals surface area contributed by atoms with E-state index in [1.807, 2.05) is 11.3 Å². The van der Waals surface area contributed by atoms with Gasteiger partial charge in [-0.3, -0.25) is 0 Å². The van der Waals surface area contributed by atoms with Crippen molar-refractivity contribution in [3.63, 3.8) is 0 Å². The summed E-state index contributed by atoms with van der Waals surface area (Å²) in [6, 6.07) is 22.5. The Bertz CT molecular complexity index is 1920. The summed E-state index contributed by atoms with van der Waals surface area (Å²) in [5.74, 6) is 3.47. The molecule has 0 saturated heterocycles. The fourth-order valence-electron chi connectivity index (χ4n) is 13.6. The number of hydrogen-bond donors (Lipinski definition) is 0. The molecule has 11 rings (SSSR count). The molecule has 4 atom stereocenters. The minimum Gasteiger partial charge on any atom is -0.353 e. The number of anilines is 2. The van der Waals surface area contributed by atoms with E-state index in [9.17, 15) is 0 Å². The maximum Gasteiger partial charge on any atom is 0.0728 e. The first-order valence-electron chi connectivity index (χ1n) is 18.9. The summed E-state index contributed by atoms with van der Waals surface area (Å²) < 4.78 is 0. The molecule has 2 unspecified atom stereocenters. The highest BCUT2D eigenvalue weighted by atomic mass is 32.1. The second-order valence-corrected chi connectivity index (χ2v) is 19.7. The lowest BCUT2D eigenvalue weighted by Gasteiger charge is -2.65. The summed E-state index contributed by atoms with van der Waals surface area (Å²) in [6.07, 6.45) is 9.61. The predicted octanol–water partition coefficient (Wildman–Crippen LogP) is 12.2. The topological polar surface area (TPSA) is 6.48 Å². The van der Waals surface area contributed by atoms with Crippen LogP contribution in [0.5, 0.6) is 0 Å². The maximum atomic E-state index is 3.10. The van der Waals surface area contributed by atoms with Gasteiger partial charge in [-0.1, -0.05) is 57.2 Å². The quantitative estimate of drug-likeness (QED) is 0.213. The van der Waals surface area contributed by atoms with Crippen LogP contribution in [0.25, 0.3) is 0 Å². The molecule has 250 valence electrons. The zero-order chi connectivity index (χ0) is 33.0. The first-order chi connectivity index (χ1) is 23.0. The Kier molecular flexibility index (Phi) is 6.19. The summed E-state index contributed by atoms with van der Waals surface area (Å²) in [6.45, 7) is 17.7. The van der Waals surface area contributed by atoms with Crippen LogP contribution in [0, 0.1) is 42.9 Å². The first-order valence-corrected chi connectivity index (χ1v) is 20.7. The van der Waals surface area contributed by atoms with Crippen LogP contribution < -0.4 is 9.80 Å². The lowest BCUT2D eigenvalue weighted by Crippen LogP contribution is -2.64. The minimum absolute atomic E-state index is 0.00639. The highest BCUT2D eigenvalue weighted by Gasteiger charge is 2.68. The van der Waals surface area contributed by atoms with Gasteiger partial charge in [0, 0.05) is 26.5 Å². The molecule has 4 fully saturated rings. The van der Waals surface area contributed by atoms with Crippen molar-refractivity contribution < 1.29 is 0 Å². The molecule has 2 aromatic heterocycles. The number of benzene rings is 2. The van der Waals surface area contributed by atoms with E-state index in [2.05, 4.69) is 135 Å². The van der Waals surface area contributed by atoms with Crippen molar-refractivity contribution >= 4 is 34.0 Å². The third-order valence-corrected chi connectivity index (χ3v) is 18.0. The van der Waals surface area contributed by atoms with Crippen LogP contribution in [-0.2, 0) is 16.5 Å². The summed E-state index contributed by atoms with van der Waals surface area (Å²) in [5, 5.41) is 4.83. The smallest absolute Gasteiger partial charge is 0.0728 e. The molecular formula is C44H52N2S2. The van der Waals surface area contributed by atoms with Gasteiger partial charge in [0.2, 0.25) is 0 Å². The molecule has 2 aromatic carbocycles. The van der Waals surface area contributed by atoms with E-state index in [-0.39, 0.29) is 21.9 Å². The molecule has 4 bridgehead atoms. The Balaban J connectivity index is 1.14. The average Bonchev–Trinajstić information content (AvgIpc) is 3.82. The third-order valence-electron chi connectivity index (χ3n) is 15.9. The molecule has 1 spiro atoms. The van der Waals surface area contributed by atoms with Gasteiger partial charge in [-0.05, 0) is 159 Å². The predicted molar refractivity (Wildman–Crippen MR) is 204 cm³/mol. The Labute approximate surface area is 296 Å². The maximum absolute atomic E-state index is 3.10. The van der Waals surface area contributed by atoms with Gasteiger partial charge in [0.25, 0.3) is 0 Å². The van der Waals surface area contributed by atoms with Crippen molar-refractivity contribution in [3.8, 4) is 0 Å². The van der Waals surface area contributed by atoms with E-state index >= 15 is 0 Å². The molecule has 4 aliphatic carbocycles. The fourth-order valence-corrected chi connectivity index (χ4v) is 15.8. The molecule has 0 radical (unpaired) electrons. The molecule has 0 amide bonds. The van der Waals surface area contributed by atoms with Crippen LogP contribution in [0.1, 0.15) is 129 Å². The van der Waals surface area contributed by atoms with Crippen LogP contribution in [0.2, 0.25) is 0 Å². The molecule has 2 nitrogen and oxygen atoms in total. The van der Waals surface area contributed by atoms with Crippen LogP contribution in [0.3, 0.4) is 0 Å². The first kappa shape index (κ1) is 30.3. The Morgan fingerprint density at radius 1 is 0.688 bits per heavy atom. The van der Waals surface area contributed by atoms with Gasteiger partial charge in [-0.15, -0.1) is 22.7 Å². The van der Waals surface area contributed by atoms with E-state index in [1.165, 1.54) is 67.4 Å². The van der Waals surface area contributed by atoms with Gasteiger partial charge in [-0.2, -0.15) is 0 Å². The lowest BCUT2D eigenvalue weighted by molar-refractivity contribution is -0.0614. The van der Waals surface area contributed by atoms with Crippen LogP contribution >= 0.6 is 22.7 Å². The van der Waals surface area contributed by atoms with Crippen molar-refractivity contribution in [2.24, 2.45) is 29.1 Å². The average molecular weight is 673 g/mol. The normalized spacial score (nSPS) is 38.0. The zero-order valence-electron chi connectivity index (χ0n) is 30.0. The van der Waals surface area contributed by atoms with Gasteiger partial charge in [0.1, 0.15) is 0 Å². The van der Waals surface area contributed by atoms with Gasteiger partial charge in [0.05, 0.1) is 23.2 Å². The van der Waals surface area contributed by atoms with Gasteiger partial charge in [0.15, 0.2) is 0 Å². The summed E-state index contributed by atoms with van der Waals surface area (Å²) in [4.78, 5) is 9.25. The van der Waals surface area contributed by atoms with E-state index < -0.39 is 0 Å². The summed E-state index contributed by atoms with van der Waals surface area (Å²) in [7, 11) is 0. The van der Waals surface area contributed by atoms with Crippen molar-refractivity contribution in [1.29, 1.82) is 0 Å². The Morgan fingerprint density at radius 2 is 1.33 bits per heavy atom. The molecule has 7 aliphatic rings. The molecule has 3 aliphatic heterocycles. The molecule has 0 N–H and O–H groups in total. The third kappa shape index (κ3) is 3.37. The molecule has 5 heterocycles. The van der Waals surface area contributed by atoms with Crippen molar-refractivity contribution in [1.82, 2.24) is 0 Å². The molecule has 4 aromatic rings. The van der Waals surface area contributed by atoms with Crippen LogP contribution in [0.4, 0.5) is 11.4 Å². The van der Waals surface area contributed by atoms with E-state index in [0.717, 1.165) is 23.7 Å². The van der Waals surface area contributed by atoms with Crippen molar-refractivity contribution in [3.05, 3.63) is 103 Å². The highest BCUT2D eigenvalue weighted by Crippen LogP contribution is 2.73. The number of thiophene rings is 2. The SMILES string of the molecule is Cc1ccccc1N1[C@@H](CCC2(C)C(C)(C)c3cccc(C)c3N3[C@@H](C)c4sccc4C32C)c2sccc2C12C1CC3CC(C1)CC2C3. The second kappa shape index (κ2) is 9.81. The minimum atomic E-state index is -0.0882. The van der Waals surface area contributed by atoms with E-state index in [1.54, 1.807) is 26.4 Å². The van der Waals surface area contributed by atoms with E-state index in [4.69, 9.17) is 0 Å². The zero-order valence-corrected chi connectivity index (χ0v) is 31.6. The van der Waals surface area contributed by atoms with E-state index in [0.29, 0.717) is 12.1 Å². The van der Waals surface area contributed by atoms with Gasteiger partial charge >= 0.3 is 0 Å². The van der Waals surface area contributed by atoms with Crippen molar-refractivity contribution in [2.75, 3.05) is 9.80 Å². The Hall–Kier alpha value is -2.56. The largest absolute Gasteiger partial charge is 0.353 e. The molecular weight excluding hydrogens is 621 g/mol. The number of hydrogen-bond acceptors (Lipinski definition) is 4. The van der Waals surface area contributed by atoms with Crippen LogP contribution in [-0.4, -0.2) is 0 Å². The molecule has 4 heteroatoms. The highest BCUT2D eigenvalue weighted by molar-refractivity contribution is 7.10. The monoisotopic (exact) mass is 672 g/mol. The molecule has 48 heavy (non-hydrogen) atoms. The van der Waals surface area contributed by atoms with Crippen LogP contribution in [0.15, 0.2) is 65.4 Å². The fraction of sp³-hybridized carbons (Fsp3) is 0.545. The summed E-state index contributed by atoms with van der Waals surface area (Å²) in [5.41, 5.74) is 10.8. The number of nitrogens with zero attached hydrogens (tertiary/aromatic N) is 2. The lowest BCUT2D eigenvalue weighted by atomic mass is 9.47. The van der Waals surface area contributed by atoms with Crippen molar-refractivity contribution in [2.45, 2.75) is 122 Å². The number of fused-ring (bicyclic) bond motifs is 6. The standard InChI is InChI=1S/C44H52N2S2/c1-26-11-8-9-14-36(26)46-37(40-35(17-20-48-40)44(46)31-22-29-21-30(24-31)25-32(44)23-29)15-18-42(6)41(4,5)33-13-10-12-27(2)38(33)45-28(3)39-34(16-19-47-39)43(42,45)7/h8-14,16-17,19-20,28-32,37H,15,18,21-25H2,1-7H3/t28-,29?,30?,31?,32?,37-,42?,43?,44?/m0/s1. The number of para-hydroxylation sites is 2. The molecule has 4 saturated carbocycles. The second-order valence-electron chi connectivity index (χ2n) is 17.8.